The van der Waals surface area contributed by atoms with Crippen LogP contribution in [0, 0.1) is 0 Å². The molecular formula is C15H24N2O6S. The number of aliphatic hydroxyl groups is 1. The highest BCUT2D eigenvalue weighted by atomic mass is 32.2. The summed E-state index contributed by atoms with van der Waals surface area (Å²) < 4.78 is 9.91. The van der Waals surface area contributed by atoms with E-state index in [4.69, 9.17) is 15.2 Å². The first kappa shape index (κ1) is 20.5. The van der Waals surface area contributed by atoms with Crippen molar-refractivity contribution in [3.05, 3.63) is 23.8 Å². The lowest BCUT2D eigenvalue weighted by Gasteiger charge is -2.22. The van der Waals surface area contributed by atoms with Gasteiger partial charge in [-0.05, 0) is 30.6 Å². The second-order valence-electron chi connectivity index (χ2n) is 5.02. The van der Waals surface area contributed by atoms with Gasteiger partial charge in [0.15, 0.2) is 17.7 Å². The summed E-state index contributed by atoms with van der Waals surface area (Å²) in [5.74, 6) is 0.305. The van der Waals surface area contributed by atoms with Gasteiger partial charge in [0.25, 0.3) is 0 Å². The molecule has 0 spiro atoms. The number of phenols is 1. The number of aliphatic hydroxyl groups excluding tert-OH is 1. The summed E-state index contributed by atoms with van der Waals surface area (Å²) in [4.78, 5) is 11.6. The van der Waals surface area contributed by atoms with Crippen LogP contribution in [0.5, 0.6) is 11.5 Å². The maximum atomic E-state index is 11.6. The molecule has 0 saturated carbocycles. The molecule has 0 aliphatic carbocycles. The Kier molecular flexibility index (Phi) is 8.87. The van der Waals surface area contributed by atoms with Gasteiger partial charge < -0.3 is 30.6 Å². The number of hydroxylamine groups is 2. The number of rotatable bonds is 10. The van der Waals surface area contributed by atoms with Crippen LogP contribution in [0.1, 0.15) is 18.2 Å². The molecule has 0 aliphatic heterocycles. The van der Waals surface area contributed by atoms with Gasteiger partial charge in [0.05, 0.1) is 13.7 Å². The van der Waals surface area contributed by atoms with Crippen LogP contribution in [0.4, 0.5) is 0 Å². The van der Waals surface area contributed by atoms with Gasteiger partial charge in [0, 0.05) is 5.56 Å². The molecular weight excluding hydrogens is 336 g/mol. The van der Waals surface area contributed by atoms with E-state index in [0.717, 1.165) is 5.75 Å². The van der Waals surface area contributed by atoms with Gasteiger partial charge in [-0.3, -0.25) is 4.79 Å². The third-order valence-electron chi connectivity index (χ3n) is 3.28. The van der Waals surface area contributed by atoms with E-state index in [2.05, 4.69) is 0 Å². The number of ether oxygens (including phenoxy) is 2. The molecule has 0 heterocycles. The molecule has 136 valence electrons. The molecule has 1 aromatic carbocycles. The van der Waals surface area contributed by atoms with E-state index < -0.39 is 18.2 Å². The average molecular weight is 360 g/mol. The number of hydrogen-bond donors (Lipinski definition) is 4. The first-order valence-corrected chi connectivity index (χ1v) is 8.71. The van der Waals surface area contributed by atoms with Gasteiger partial charge >= 0.3 is 5.97 Å². The number of nitrogens with two attached hydrogens (primary N) is 1. The molecule has 5 N–H and O–H groups in total. The molecule has 24 heavy (non-hydrogen) atoms. The van der Waals surface area contributed by atoms with Crippen LogP contribution in [-0.4, -0.2) is 64.8 Å². The normalized spacial score (nSPS) is 13.6. The fourth-order valence-corrected chi connectivity index (χ4v) is 2.35. The molecule has 0 aliphatic rings. The van der Waals surface area contributed by atoms with Crippen molar-refractivity contribution in [3.63, 3.8) is 0 Å². The first-order chi connectivity index (χ1) is 11.4. The maximum Gasteiger partial charge on any atom is 0.322 e. The van der Waals surface area contributed by atoms with Crippen LogP contribution < -0.4 is 10.5 Å². The Hall–Kier alpha value is -1.52. The van der Waals surface area contributed by atoms with Crippen LogP contribution >= 0.6 is 11.8 Å². The van der Waals surface area contributed by atoms with Crippen LogP contribution in [0.2, 0.25) is 0 Å². The van der Waals surface area contributed by atoms with Gasteiger partial charge in [0.1, 0.15) is 12.6 Å². The number of carbonyl (C=O) groups is 1. The zero-order valence-electron chi connectivity index (χ0n) is 13.7. The van der Waals surface area contributed by atoms with E-state index in [1.54, 1.807) is 11.8 Å². The Morgan fingerprint density at radius 2 is 2.17 bits per heavy atom. The Morgan fingerprint density at radius 1 is 1.46 bits per heavy atom. The molecule has 0 bridgehead atoms. The Balaban J connectivity index is 2.47. The number of carbonyl (C=O) groups excluding carboxylic acids is 1. The van der Waals surface area contributed by atoms with Crippen LogP contribution in [0.3, 0.4) is 0 Å². The lowest BCUT2D eigenvalue weighted by molar-refractivity contribution is -0.206. The number of benzene rings is 1. The second-order valence-corrected chi connectivity index (χ2v) is 6.01. The fraction of sp³-hybridized carbons (Fsp3) is 0.533. The predicted octanol–water partition coefficient (Wildman–Crippen LogP) is 0.707. The number of hydrogen-bond acceptors (Lipinski definition) is 9. The largest absolute Gasteiger partial charge is 0.504 e. The topological polar surface area (TPSA) is 125 Å². The van der Waals surface area contributed by atoms with Crippen LogP contribution in [-0.2, 0) is 9.53 Å². The van der Waals surface area contributed by atoms with Gasteiger partial charge in [-0.25, -0.2) is 0 Å². The van der Waals surface area contributed by atoms with Gasteiger partial charge in [0.2, 0.25) is 0 Å². The molecule has 0 saturated heterocycles. The second kappa shape index (κ2) is 10.4. The quantitative estimate of drug-likeness (QED) is 0.271. The van der Waals surface area contributed by atoms with Crippen molar-refractivity contribution in [2.75, 3.05) is 32.3 Å². The Bertz CT molecular complexity index is 531. The van der Waals surface area contributed by atoms with Gasteiger partial charge in [-0.2, -0.15) is 16.8 Å². The molecule has 1 unspecified atom stereocenters. The monoisotopic (exact) mass is 360 g/mol. The standard InChI is InChI=1S/C15H24N2O6S/c1-22-13-9-10(3-4-12(13)18)14(19)17(21)6-7-23-15(20)11(16)5-8-24-2/h3-4,9,11,14,18-19,21H,5-8,16H2,1-2H3/t11-,14?/m0/s1. The van der Waals surface area contributed by atoms with E-state index >= 15 is 0 Å². The van der Waals surface area contributed by atoms with Crippen molar-refractivity contribution in [3.8, 4) is 11.5 Å². The molecule has 8 nitrogen and oxygen atoms in total. The molecule has 9 heteroatoms. The number of thioether (sulfide) groups is 1. The molecule has 0 radical (unpaired) electrons. The number of methoxy groups -OCH3 is 1. The molecule has 0 aromatic heterocycles. The van der Waals surface area contributed by atoms with Crippen molar-refractivity contribution in [1.29, 1.82) is 0 Å². The SMILES string of the molecule is COc1cc(C(O)N(O)CCOC(=O)[C@@H](N)CCSC)ccc1O. The maximum absolute atomic E-state index is 11.6. The number of phenolic OH excluding ortho intramolecular Hbond substituents is 1. The highest BCUT2D eigenvalue weighted by molar-refractivity contribution is 7.98. The zero-order chi connectivity index (χ0) is 18.1. The smallest absolute Gasteiger partial charge is 0.322 e. The minimum Gasteiger partial charge on any atom is -0.504 e. The van der Waals surface area contributed by atoms with Crippen molar-refractivity contribution in [1.82, 2.24) is 5.06 Å². The molecule has 0 fully saturated rings. The molecule has 1 rings (SSSR count). The summed E-state index contributed by atoms with van der Waals surface area (Å²) in [7, 11) is 1.38. The highest BCUT2D eigenvalue weighted by Crippen LogP contribution is 2.29. The zero-order valence-corrected chi connectivity index (χ0v) is 14.5. The van der Waals surface area contributed by atoms with Crippen molar-refractivity contribution < 1.29 is 29.7 Å². The van der Waals surface area contributed by atoms with E-state index in [1.807, 2.05) is 6.26 Å². The van der Waals surface area contributed by atoms with Crippen molar-refractivity contribution in [2.45, 2.75) is 18.7 Å². The van der Waals surface area contributed by atoms with Crippen molar-refractivity contribution >= 4 is 17.7 Å². The Morgan fingerprint density at radius 3 is 2.79 bits per heavy atom. The van der Waals surface area contributed by atoms with E-state index in [9.17, 15) is 20.2 Å². The van der Waals surface area contributed by atoms with E-state index in [-0.39, 0.29) is 24.7 Å². The third-order valence-corrected chi connectivity index (χ3v) is 3.93. The fourth-order valence-electron chi connectivity index (χ4n) is 1.86. The lowest BCUT2D eigenvalue weighted by atomic mass is 10.1. The van der Waals surface area contributed by atoms with E-state index in [0.29, 0.717) is 17.0 Å². The third kappa shape index (κ3) is 6.17. The van der Waals surface area contributed by atoms with Crippen molar-refractivity contribution in [2.24, 2.45) is 5.73 Å². The number of esters is 1. The minimum absolute atomic E-state index is 0.0777. The number of nitrogens with zero attached hydrogens (tertiary/aromatic N) is 1. The summed E-state index contributed by atoms with van der Waals surface area (Å²) >= 11 is 1.58. The summed E-state index contributed by atoms with van der Waals surface area (Å²) in [5, 5.41) is 30.0. The summed E-state index contributed by atoms with van der Waals surface area (Å²) in [5.41, 5.74) is 5.98. The predicted molar refractivity (Wildman–Crippen MR) is 90.0 cm³/mol. The Labute approximate surface area is 145 Å². The van der Waals surface area contributed by atoms with Gasteiger partial charge in [-0.15, -0.1) is 0 Å². The lowest BCUT2D eigenvalue weighted by Crippen LogP contribution is -2.35. The molecule has 2 atom stereocenters. The van der Waals surface area contributed by atoms with Crippen LogP contribution in [0.15, 0.2) is 18.2 Å². The average Bonchev–Trinajstić information content (AvgIpc) is 2.59. The summed E-state index contributed by atoms with van der Waals surface area (Å²) in [6, 6.07) is 3.48. The van der Waals surface area contributed by atoms with Crippen LogP contribution in [0.25, 0.3) is 0 Å². The minimum atomic E-state index is -1.36. The molecule has 0 amide bonds. The summed E-state index contributed by atoms with van der Waals surface area (Å²) in [6.45, 7) is -0.222. The first-order valence-electron chi connectivity index (χ1n) is 7.32. The van der Waals surface area contributed by atoms with Gasteiger partial charge in [-0.1, -0.05) is 6.07 Å². The summed E-state index contributed by atoms with van der Waals surface area (Å²) in [6.07, 6.45) is 1.07. The molecule has 1 aromatic rings. The number of aromatic hydroxyl groups is 1. The highest BCUT2D eigenvalue weighted by Gasteiger charge is 2.19. The van der Waals surface area contributed by atoms with E-state index in [1.165, 1.54) is 25.3 Å².